The van der Waals surface area contributed by atoms with E-state index in [0.717, 1.165) is 75.5 Å². The SMILES string of the molecule is CNc1nc(C2CCN(C(=O)CC3(O)CCCCC3)C2)nc2c1CN(C)CC2. The molecule has 7 heteroatoms. The molecule has 3 heterocycles. The van der Waals surface area contributed by atoms with Crippen LogP contribution in [0.1, 0.15) is 67.9 Å². The molecule has 2 aliphatic heterocycles. The number of nitrogens with zero attached hydrogens (tertiary/aromatic N) is 4. The van der Waals surface area contributed by atoms with Crippen LogP contribution in [-0.2, 0) is 17.8 Å². The minimum atomic E-state index is -0.791. The zero-order chi connectivity index (χ0) is 19.7. The van der Waals surface area contributed by atoms with Crippen molar-refractivity contribution in [1.82, 2.24) is 19.8 Å². The van der Waals surface area contributed by atoms with Gasteiger partial charge in [-0.15, -0.1) is 0 Å². The van der Waals surface area contributed by atoms with Gasteiger partial charge in [0.2, 0.25) is 5.91 Å². The number of amides is 1. The second-order valence-corrected chi connectivity index (χ2v) is 8.88. The fourth-order valence-electron chi connectivity index (χ4n) is 4.93. The Labute approximate surface area is 167 Å². The highest BCUT2D eigenvalue weighted by atomic mass is 16.3. The van der Waals surface area contributed by atoms with Crippen LogP contribution in [0, 0.1) is 0 Å². The molecule has 3 aliphatic rings. The zero-order valence-corrected chi connectivity index (χ0v) is 17.2. The topological polar surface area (TPSA) is 81.6 Å². The standard InChI is InChI=1S/C21H33N5O2/c1-22-20-16-14-25(2)10-7-17(16)23-19(24-20)15-6-11-26(13-15)18(27)12-21(28)8-4-3-5-9-21/h15,28H,3-14H2,1-2H3,(H,22,23,24). The Morgan fingerprint density at radius 2 is 2.04 bits per heavy atom. The molecule has 1 aromatic rings. The molecule has 1 aliphatic carbocycles. The van der Waals surface area contributed by atoms with Crippen molar-refractivity contribution in [2.45, 2.75) is 69.4 Å². The lowest BCUT2D eigenvalue weighted by atomic mass is 9.82. The number of fused-ring (bicyclic) bond motifs is 1. The van der Waals surface area contributed by atoms with E-state index in [1.54, 1.807) is 0 Å². The number of likely N-dealkylation sites (N-methyl/N-ethyl adjacent to an activating group) is 1. The van der Waals surface area contributed by atoms with E-state index in [1.165, 1.54) is 12.0 Å². The number of hydrogen-bond donors (Lipinski definition) is 2. The van der Waals surface area contributed by atoms with Gasteiger partial charge in [0, 0.05) is 51.1 Å². The van der Waals surface area contributed by atoms with Gasteiger partial charge < -0.3 is 20.2 Å². The van der Waals surface area contributed by atoms with Gasteiger partial charge in [0.05, 0.1) is 17.7 Å². The first kappa shape index (κ1) is 19.6. The maximum Gasteiger partial charge on any atom is 0.225 e. The van der Waals surface area contributed by atoms with Crippen molar-refractivity contribution in [3.8, 4) is 0 Å². The zero-order valence-electron chi connectivity index (χ0n) is 17.2. The van der Waals surface area contributed by atoms with Crippen molar-refractivity contribution in [2.75, 3.05) is 39.0 Å². The maximum atomic E-state index is 12.8. The van der Waals surface area contributed by atoms with E-state index in [4.69, 9.17) is 9.97 Å². The summed E-state index contributed by atoms with van der Waals surface area (Å²) in [5, 5.41) is 14.0. The van der Waals surface area contributed by atoms with Crippen LogP contribution in [0.3, 0.4) is 0 Å². The summed E-state index contributed by atoms with van der Waals surface area (Å²) in [4.78, 5) is 26.7. The minimum absolute atomic E-state index is 0.0836. The highest BCUT2D eigenvalue weighted by Crippen LogP contribution is 2.34. The van der Waals surface area contributed by atoms with E-state index in [2.05, 4.69) is 17.3 Å². The normalized spacial score (nSPS) is 24.8. The number of rotatable bonds is 4. The molecule has 2 N–H and O–H groups in total. The Bertz CT molecular complexity index is 715. The average molecular weight is 388 g/mol. The molecule has 1 atom stereocenters. The second-order valence-electron chi connectivity index (χ2n) is 8.88. The molecule has 1 saturated carbocycles. The number of aromatic nitrogens is 2. The van der Waals surface area contributed by atoms with Gasteiger partial charge in [-0.3, -0.25) is 4.79 Å². The van der Waals surface area contributed by atoms with Crippen LogP contribution in [0.5, 0.6) is 0 Å². The third-order valence-corrected chi connectivity index (χ3v) is 6.68. The molecule has 1 saturated heterocycles. The number of aliphatic hydroxyl groups is 1. The van der Waals surface area contributed by atoms with Crippen molar-refractivity contribution in [3.05, 3.63) is 17.1 Å². The Morgan fingerprint density at radius 3 is 2.79 bits per heavy atom. The van der Waals surface area contributed by atoms with Gasteiger partial charge in [0.1, 0.15) is 11.6 Å². The molecule has 0 radical (unpaired) electrons. The van der Waals surface area contributed by atoms with Crippen molar-refractivity contribution < 1.29 is 9.90 Å². The van der Waals surface area contributed by atoms with E-state index >= 15 is 0 Å². The van der Waals surface area contributed by atoms with Crippen molar-refractivity contribution >= 4 is 11.7 Å². The lowest BCUT2D eigenvalue weighted by Crippen LogP contribution is -2.39. The summed E-state index contributed by atoms with van der Waals surface area (Å²) in [7, 11) is 4.04. The molecule has 7 nitrogen and oxygen atoms in total. The molecule has 0 spiro atoms. The predicted molar refractivity (Wildman–Crippen MR) is 108 cm³/mol. The van der Waals surface area contributed by atoms with Crippen LogP contribution in [0.25, 0.3) is 0 Å². The maximum absolute atomic E-state index is 12.8. The van der Waals surface area contributed by atoms with Crippen molar-refractivity contribution in [1.29, 1.82) is 0 Å². The first-order valence-corrected chi connectivity index (χ1v) is 10.7. The first-order chi connectivity index (χ1) is 13.5. The summed E-state index contributed by atoms with van der Waals surface area (Å²) in [6.07, 6.45) is 6.83. The van der Waals surface area contributed by atoms with Gasteiger partial charge in [0.25, 0.3) is 0 Å². The van der Waals surface area contributed by atoms with Gasteiger partial charge in [-0.25, -0.2) is 9.97 Å². The quantitative estimate of drug-likeness (QED) is 0.821. The highest BCUT2D eigenvalue weighted by Gasteiger charge is 2.36. The van der Waals surface area contributed by atoms with E-state index in [-0.39, 0.29) is 18.2 Å². The van der Waals surface area contributed by atoms with Gasteiger partial charge in [-0.1, -0.05) is 19.3 Å². The monoisotopic (exact) mass is 387 g/mol. The Balaban J connectivity index is 1.44. The summed E-state index contributed by atoms with van der Waals surface area (Å²) in [6.45, 7) is 3.29. The molecule has 1 amide bonds. The van der Waals surface area contributed by atoms with Gasteiger partial charge in [-0.05, 0) is 26.3 Å². The minimum Gasteiger partial charge on any atom is -0.389 e. The molecule has 4 rings (SSSR count). The van der Waals surface area contributed by atoms with E-state index < -0.39 is 5.60 Å². The third kappa shape index (κ3) is 4.01. The summed E-state index contributed by atoms with van der Waals surface area (Å²) in [5.74, 6) is 2.05. The highest BCUT2D eigenvalue weighted by molar-refractivity contribution is 5.77. The molecular weight excluding hydrogens is 354 g/mol. The van der Waals surface area contributed by atoms with E-state index in [0.29, 0.717) is 6.54 Å². The van der Waals surface area contributed by atoms with Crippen LogP contribution in [0.2, 0.25) is 0 Å². The number of hydrogen-bond acceptors (Lipinski definition) is 6. The van der Waals surface area contributed by atoms with Gasteiger partial charge >= 0.3 is 0 Å². The van der Waals surface area contributed by atoms with Crippen LogP contribution in [-0.4, -0.2) is 70.1 Å². The number of likely N-dealkylation sites (tertiary alicyclic amines) is 1. The molecular formula is C21H33N5O2. The van der Waals surface area contributed by atoms with E-state index in [1.807, 2.05) is 11.9 Å². The Kier molecular flexibility index (Phi) is 5.56. The fourth-order valence-corrected chi connectivity index (χ4v) is 4.93. The second kappa shape index (κ2) is 7.95. The number of anilines is 1. The van der Waals surface area contributed by atoms with E-state index in [9.17, 15) is 9.90 Å². The summed E-state index contributed by atoms with van der Waals surface area (Å²) in [6, 6.07) is 0. The number of carbonyl (C=O) groups excluding carboxylic acids is 1. The van der Waals surface area contributed by atoms with Crippen LogP contribution < -0.4 is 5.32 Å². The average Bonchev–Trinajstić information content (AvgIpc) is 3.18. The van der Waals surface area contributed by atoms with Crippen molar-refractivity contribution in [2.24, 2.45) is 0 Å². The lowest BCUT2D eigenvalue weighted by Gasteiger charge is -2.32. The van der Waals surface area contributed by atoms with Crippen LogP contribution >= 0.6 is 0 Å². The van der Waals surface area contributed by atoms with Crippen LogP contribution in [0.4, 0.5) is 5.82 Å². The molecule has 0 bridgehead atoms. The van der Waals surface area contributed by atoms with Crippen LogP contribution in [0.15, 0.2) is 0 Å². The summed E-state index contributed by atoms with van der Waals surface area (Å²) < 4.78 is 0. The molecule has 154 valence electrons. The molecule has 1 aromatic heterocycles. The molecule has 0 aromatic carbocycles. The molecule has 28 heavy (non-hydrogen) atoms. The first-order valence-electron chi connectivity index (χ1n) is 10.7. The summed E-state index contributed by atoms with van der Waals surface area (Å²) in [5.41, 5.74) is 1.56. The Hall–Kier alpha value is -1.73. The number of nitrogens with one attached hydrogen (secondary N) is 1. The predicted octanol–water partition coefficient (Wildman–Crippen LogP) is 1.91. The number of carbonyl (C=O) groups is 1. The van der Waals surface area contributed by atoms with Gasteiger partial charge in [0.15, 0.2) is 0 Å². The lowest BCUT2D eigenvalue weighted by molar-refractivity contribution is -0.136. The fraction of sp³-hybridized carbons (Fsp3) is 0.762. The largest absolute Gasteiger partial charge is 0.389 e. The van der Waals surface area contributed by atoms with Gasteiger partial charge in [-0.2, -0.15) is 0 Å². The Morgan fingerprint density at radius 1 is 1.25 bits per heavy atom. The van der Waals surface area contributed by atoms with Crippen molar-refractivity contribution in [3.63, 3.8) is 0 Å². The molecule has 1 unspecified atom stereocenters. The summed E-state index contributed by atoms with van der Waals surface area (Å²) >= 11 is 0. The third-order valence-electron chi connectivity index (χ3n) is 6.68. The molecule has 2 fully saturated rings. The smallest absolute Gasteiger partial charge is 0.225 e.